The molecule has 18 heavy (non-hydrogen) atoms. The van der Waals surface area contributed by atoms with Crippen molar-refractivity contribution < 1.29 is 5.11 Å². The summed E-state index contributed by atoms with van der Waals surface area (Å²) in [6.45, 7) is 8.84. The molecule has 1 atom stereocenters. The second-order valence-electron chi connectivity index (χ2n) is 6.03. The van der Waals surface area contributed by atoms with Gasteiger partial charge >= 0.3 is 0 Å². The molecule has 1 rings (SSSR count). The fourth-order valence-corrected chi connectivity index (χ4v) is 2.54. The van der Waals surface area contributed by atoms with Crippen molar-refractivity contribution in [2.45, 2.75) is 43.5 Å². The van der Waals surface area contributed by atoms with Crippen molar-refractivity contribution in [1.29, 1.82) is 0 Å². The van der Waals surface area contributed by atoms with E-state index >= 15 is 0 Å². The minimum atomic E-state index is -0.215. The van der Waals surface area contributed by atoms with Gasteiger partial charge < -0.3 is 10.4 Å². The summed E-state index contributed by atoms with van der Waals surface area (Å²) in [4.78, 5) is 1.25. The van der Waals surface area contributed by atoms with Crippen LogP contribution in [0.15, 0.2) is 29.2 Å². The number of hydrogen-bond donors (Lipinski definition) is 2. The number of likely N-dealkylation sites (N-methyl/N-ethyl adjacent to an activating group) is 1. The van der Waals surface area contributed by atoms with Gasteiger partial charge in [0.25, 0.3) is 0 Å². The number of hydrogen-bond acceptors (Lipinski definition) is 3. The van der Waals surface area contributed by atoms with Crippen LogP contribution in [0.5, 0.6) is 0 Å². The molecule has 0 fully saturated rings. The van der Waals surface area contributed by atoms with Crippen LogP contribution in [-0.2, 0) is 5.41 Å². The predicted molar refractivity (Wildman–Crippen MR) is 80.4 cm³/mol. The predicted octanol–water partition coefficient (Wildman–Crippen LogP) is 3.05. The Bertz CT molecular complexity index is 363. The van der Waals surface area contributed by atoms with E-state index in [0.717, 1.165) is 5.75 Å². The van der Waals surface area contributed by atoms with E-state index in [1.54, 1.807) is 11.8 Å². The van der Waals surface area contributed by atoms with Crippen molar-refractivity contribution >= 4 is 11.8 Å². The summed E-state index contributed by atoms with van der Waals surface area (Å²) in [7, 11) is 1.89. The van der Waals surface area contributed by atoms with Gasteiger partial charge in [-0.25, -0.2) is 0 Å². The third-order valence-electron chi connectivity index (χ3n) is 3.23. The lowest BCUT2D eigenvalue weighted by molar-refractivity contribution is 0.200. The second-order valence-corrected chi connectivity index (χ2v) is 7.08. The average Bonchev–Trinajstić information content (AvgIpc) is 2.35. The molecule has 1 aromatic rings. The molecule has 0 bridgehead atoms. The Hall–Kier alpha value is -0.510. The third-order valence-corrected chi connectivity index (χ3v) is 4.62. The highest BCUT2D eigenvalue weighted by atomic mass is 32.2. The fourth-order valence-electron chi connectivity index (χ4n) is 1.49. The quantitative estimate of drug-likeness (QED) is 0.804. The minimum absolute atomic E-state index is 0.149. The van der Waals surface area contributed by atoms with Gasteiger partial charge in [0.05, 0.1) is 6.61 Å². The lowest BCUT2D eigenvalue weighted by Gasteiger charge is -2.26. The Kier molecular flexibility index (Phi) is 5.26. The molecule has 2 N–H and O–H groups in total. The molecule has 0 radical (unpaired) electrons. The number of benzene rings is 1. The van der Waals surface area contributed by atoms with Crippen LogP contribution in [0, 0.1) is 0 Å². The van der Waals surface area contributed by atoms with E-state index in [0.29, 0.717) is 0 Å². The highest BCUT2D eigenvalue weighted by molar-refractivity contribution is 7.99. The van der Waals surface area contributed by atoms with Crippen LogP contribution in [0.2, 0.25) is 0 Å². The summed E-state index contributed by atoms with van der Waals surface area (Å²) in [5, 5.41) is 12.5. The van der Waals surface area contributed by atoms with Crippen LogP contribution in [0.4, 0.5) is 0 Å². The highest BCUT2D eigenvalue weighted by Crippen LogP contribution is 2.27. The van der Waals surface area contributed by atoms with Gasteiger partial charge in [-0.05, 0) is 37.1 Å². The summed E-state index contributed by atoms with van der Waals surface area (Å²) >= 11 is 1.77. The molecule has 0 saturated carbocycles. The van der Waals surface area contributed by atoms with Crippen LogP contribution in [-0.4, -0.2) is 30.1 Å². The molecule has 3 heteroatoms. The first kappa shape index (κ1) is 15.5. The van der Waals surface area contributed by atoms with Crippen LogP contribution < -0.4 is 5.32 Å². The summed E-state index contributed by atoms with van der Waals surface area (Å²) < 4.78 is 0. The third kappa shape index (κ3) is 4.30. The SMILES string of the molecule is CNC(C)(CO)CSc1ccc(C(C)(C)C)cc1. The monoisotopic (exact) mass is 267 g/mol. The van der Waals surface area contributed by atoms with Crippen molar-refractivity contribution in [2.24, 2.45) is 0 Å². The van der Waals surface area contributed by atoms with E-state index in [-0.39, 0.29) is 17.6 Å². The fraction of sp³-hybridized carbons (Fsp3) is 0.600. The number of aliphatic hydroxyl groups is 1. The molecule has 0 aliphatic rings. The number of aliphatic hydroxyl groups excluding tert-OH is 1. The Morgan fingerprint density at radius 1 is 1.11 bits per heavy atom. The number of nitrogens with one attached hydrogen (secondary N) is 1. The maximum Gasteiger partial charge on any atom is 0.0618 e. The molecule has 0 aliphatic heterocycles. The molecule has 0 aromatic heterocycles. The first-order valence-corrected chi connectivity index (χ1v) is 7.32. The molecule has 0 saturated heterocycles. The van der Waals surface area contributed by atoms with E-state index in [4.69, 9.17) is 0 Å². The van der Waals surface area contributed by atoms with E-state index in [2.05, 4.69) is 50.4 Å². The molecule has 2 nitrogen and oxygen atoms in total. The highest BCUT2D eigenvalue weighted by Gasteiger charge is 2.21. The van der Waals surface area contributed by atoms with E-state index in [9.17, 15) is 5.11 Å². The van der Waals surface area contributed by atoms with Gasteiger partial charge in [0.15, 0.2) is 0 Å². The molecular formula is C15H25NOS. The lowest BCUT2D eigenvalue weighted by Crippen LogP contribution is -2.45. The zero-order valence-electron chi connectivity index (χ0n) is 12.1. The maximum atomic E-state index is 9.34. The van der Waals surface area contributed by atoms with Crippen LogP contribution in [0.1, 0.15) is 33.3 Å². The topological polar surface area (TPSA) is 32.3 Å². The summed E-state index contributed by atoms with van der Waals surface area (Å²) in [6.07, 6.45) is 0. The van der Waals surface area contributed by atoms with Crippen molar-refractivity contribution in [3.8, 4) is 0 Å². The largest absolute Gasteiger partial charge is 0.394 e. The second kappa shape index (κ2) is 6.09. The van der Waals surface area contributed by atoms with Crippen LogP contribution in [0.3, 0.4) is 0 Å². The van der Waals surface area contributed by atoms with Gasteiger partial charge in [-0.15, -0.1) is 11.8 Å². The maximum absolute atomic E-state index is 9.34. The Labute approximate surface area is 115 Å². The molecule has 0 heterocycles. The smallest absolute Gasteiger partial charge is 0.0618 e. The summed E-state index contributed by atoms with van der Waals surface area (Å²) in [6, 6.07) is 8.72. The van der Waals surface area contributed by atoms with Crippen LogP contribution in [0.25, 0.3) is 0 Å². The number of rotatable bonds is 5. The van der Waals surface area contributed by atoms with Gasteiger partial charge in [-0.2, -0.15) is 0 Å². The molecule has 0 aliphatic carbocycles. The van der Waals surface area contributed by atoms with Crippen molar-refractivity contribution in [2.75, 3.05) is 19.4 Å². The van der Waals surface area contributed by atoms with Gasteiger partial charge in [0.1, 0.15) is 0 Å². The van der Waals surface area contributed by atoms with Gasteiger partial charge in [0, 0.05) is 16.2 Å². The molecule has 1 aromatic carbocycles. The molecular weight excluding hydrogens is 242 g/mol. The molecule has 1 unspecified atom stereocenters. The molecule has 0 spiro atoms. The Balaban J connectivity index is 2.65. The first-order chi connectivity index (χ1) is 8.30. The standard InChI is InChI=1S/C15H25NOS/c1-14(2,3)12-6-8-13(9-7-12)18-11-15(4,10-17)16-5/h6-9,16-17H,10-11H2,1-5H3. The summed E-state index contributed by atoms with van der Waals surface area (Å²) in [5.74, 6) is 0.856. The summed E-state index contributed by atoms with van der Waals surface area (Å²) in [5.41, 5.74) is 1.34. The lowest BCUT2D eigenvalue weighted by atomic mass is 9.87. The minimum Gasteiger partial charge on any atom is -0.394 e. The van der Waals surface area contributed by atoms with E-state index in [1.165, 1.54) is 10.5 Å². The van der Waals surface area contributed by atoms with Crippen molar-refractivity contribution in [3.63, 3.8) is 0 Å². The van der Waals surface area contributed by atoms with Crippen molar-refractivity contribution in [3.05, 3.63) is 29.8 Å². The molecule has 0 amide bonds. The van der Waals surface area contributed by atoms with Crippen molar-refractivity contribution in [1.82, 2.24) is 5.32 Å². The zero-order valence-corrected chi connectivity index (χ0v) is 12.9. The van der Waals surface area contributed by atoms with E-state index in [1.807, 2.05) is 14.0 Å². The Morgan fingerprint density at radius 2 is 1.67 bits per heavy atom. The first-order valence-electron chi connectivity index (χ1n) is 6.34. The number of thioether (sulfide) groups is 1. The molecule has 102 valence electrons. The van der Waals surface area contributed by atoms with E-state index < -0.39 is 0 Å². The van der Waals surface area contributed by atoms with Gasteiger partial charge in [-0.1, -0.05) is 32.9 Å². The normalized spacial score (nSPS) is 15.4. The average molecular weight is 267 g/mol. The van der Waals surface area contributed by atoms with Gasteiger partial charge in [-0.3, -0.25) is 0 Å². The van der Waals surface area contributed by atoms with Crippen LogP contribution >= 0.6 is 11.8 Å². The van der Waals surface area contributed by atoms with Gasteiger partial charge in [0.2, 0.25) is 0 Å². The Morgan fingerprint density at radius 3 is 2.06 bits per heavy atom. The zero-order chi connectivity index (χ0) is 13.8.